The SMILES string of the molecule is c1ccc(-c2nc(-c3ccc(-c4cccnc4)cc3)nc(-c3ccc4c(c3)c3ccccc3c3c4ccc4sc5ccc6ccccc6c5c43)n2)cc1. The Hall–Kier alpha value is -6.82. The highest BCUT2D eigenvalue weighted by Crippen LogP contribution is 2.46. The fourth-order valence-electron chi connectivity index (χ4n) is 7.91. The summed E-state index contributed by atoms with van der Waals surface area (Å²) in [5.74, 6) is 1.92. The number of rotatable bonds is 4. The highest BCUT2D eigenvalue weighted by Gasteiger charge is 2.18. The second-order valence-corrected chi connectivity index (χ2v) is 14.5. The van der Waals surface area contributed by atoms with Gasteiger partial charge in [0.2, 0.25) is 0 Å². The first kappa shape index (κ1) is 29.9. The van der Waals surface area contributed by atoms with Crippen LogP contribution in [0, 0.1) is 0 Å². The summed E-state index contributed by atoms with van der Waals surface area (Å²) >= 11 is 1.88. The summed E-state index contributed by atoms with van der Waals surface area (Å²) in [6.07, 6.45) is 3.67. The van der Waals surface area contributed by atoms with Gasteiger partial charge in [-0.2, -0.15) is 0 Å². The summed E-state index contributed by atoms with van der Waals surface area (Å²) < 4.78 is 2.63. The van der Waals surface area contributed by atoms with E-state index in [0.717, 1.165) is 27.8 Å². The first-order valence-corrected chi connectivity index (χ1v) is 18.5. The molecule has 0 saturated carbocycles. The van der Waals surface area contributed by atoms with Crippen LogP contribution >= 0.6 is 11.3 Å². The molecule has 0 saturated heterocycles. The lowest BCUT2D eigenvalue weighted by molar-refractivity contribution is 1.07. The molecule has 0 spiro atoms. The number of aromatic nitrogens is 4. The third-order valence-corrected chi connectivity index (χ3v) is 11.5. The van der Waals surface area contributed by atoms with Crippen molar-refractivity contribution < 1.29 is 0 Å². The van der Waals surface area contributed by atoms with Crippen molar-refractivity contribution in [2.45, 2.75) is 0 Å². The van der Waals surface area contributed by atoms with Crippen molar-refractivity contribution in [1.82, 2.24) is 19.9 Å². The molecule has 0 fully saturated rings. The molecule has 0 aliphatic carbocycles. The summed E-state index contributed by atoms with van der Waals surface area (Å²) in [5.41, 5.74) is 4.98. The Bertz CT molecular complexity index is 3190. The van der Waals surface area contributed by atoms with Crippen LogP contribution in [0.2, 0.25) is 0 Å². The summed E-state index contributed by atoms with van der Waals surface area (Å²) in [5, 5.41) is 12.7. The fraction of sp³-hybridized carbons (Fsp3) is 0. The molecule has 3 aromatic heterocycles. The Morgan fingerprint density at radius 3 is 1.70 bits per heavy atom. The van der Waals surface area contributed by atoms with Gasteiger partial charge in [0.1, 0.15) is 0 Å². The lowest BCUT2D eigenvalue weighted by Crippen LogP contribution is -2.00. The van der Waals surface area contributed by atoms with Gasteiger partial charge in [0.05, 0.1) is 0 Å². The lowest BCUT2D eigenvalue weighted by Gasteiger charge is -2.14. The van der Waals surface area contributed by atoms with Gasteiger partial charge in [-0.15, -0.1) is 11.3 Å². The Kier molecular flexibility index (Phi) is 6.69. The average Bonchev–Trinajstić information content (AvgIpc) is 3.64. The zero-order valence-corrected chi connectivity index (χ0v) is 29.2. The first-order chi connectivity index (χ1) is 26.3. The van der Waals surface area contributed by atoms with Crippen LogP contribution in [0.15, 0.2) is 170 Å². The predicted molar refractivity (Wildman–Crippen MR) is 222 cm³/mol. The van der Waals surface area contributed by atoms with Crippen LogP contribution in [0.5, 0.6) is 0 Å². The number of nitrogens with zero attached hydrogens (tertiary/aromatic N) is 4. The second kappa shape index (κ2) is 11.9. The van der Waals surface area contributed by atoms with Gasteiger partial charge in [-0.25, -0.2) is 15.0 Å². The van der Waals surface area contributed by atoms with Crippen LogP contribution in [0.25, 0.3) is 109 Å². The molecule has 8 aromatic carbocycles. The topological polar surface area (TPSA) is 51.6 Å². The summed E-state index contributed by atoms with van der Waals surface area (Å²) in [6, 6.07) is 56.0. The van der Waals surface area contributed by atoms with Crippen LogP contribution < -0.4 is 0 Å². The summed E-state index contributed by atoms with van der Waals surface area (Å²) in [4.78, 5) is 19.5. The number of hydrogen-bond donors (Lipinski definition) is 0. The Morgan fingerprint density at radius 2 is 0.906 bits per heavy atom. The number of thiophene rings is 1. The van der Waals surface area contributed by atoms with Crippen LogP contribution in [0.3, 0.4) is 0 Å². The summed E-state index contributed by atoms with van der Waals surface area (Å²) in [6.45, 7) is 0. The molecule has 0 N–H and O–H groups in total. The van der Waals surface area contributed by atoms with Crippen LogP contribution in [0.1, 0.15) is 0 Å². The van der Waals surface area contributed by atoms with Crippen molar-refractivity contribution in [1.29, 1.82) is 0 Å². The third kappa shape index (κ3) is 4.82. The monoisotopic (exact) mass is 692 g/mol. The van der Waals surface area contributed by atoms with Crippen molar-refractivity contribution in [3.63, 3.8) is 0 Å². The molecule has 4 nitrogen and oxygen atoms in total. The number of hydrogen-bond acceptors (Lipinski definition) is 5. The second-order valence-electron chi connectivity index (χ2n) is 13.4. The van der Waals surface area contributed by atoms with Crippen LogP contribution in [-0.2, 0) is 0 Å². The number of pyridine rings is 1. The van der Waals surface area contributed by atoms with Crippen molar-refractivity contribution in [2.75, 3.05) is 0 Å². The van der Waals surface area contributed by atoms with Gasteiger partial charge in [0.25, 0.3) is 0 Å². The molecule has 0 amide bonds. The molecule has 0 unspecified atom stereocenters. The van der Waals surface area contributed by atoms with Crippen LogP contribution in [-0.4, -0.2) is 19.9 Å². The van der Waals surface area contributed by atoms with Crippen molar-refractivity contribution in [3.8, 4) is 45.3 Å². The molecule has 0 radical (unpaired) electrons. The van der Waals surface area contributed by atoms with Crippen LogP contribution in [0.4, 0.5) is 0 Å². The normalized spacial score (nSPS) is 11.8. The van der Waals surface area contributed by atoms with Gasteiger partial charge < -0.3 is 0 Å². The average molecular weight is 693 g/mol. The van der Waals surface area contributed by atoms with E-state index < -0.39 is 0 Å². The summed E-state index contributed by atoms with van der Waals surface area (Å²) in [7, 11) is 0. The maximum absolute atomic E-state index is 5.11. The quantitative estimate of drug-likeness (QED) is 0.172. The molecule has 3 heterocycles. The van der Waals surface area contributed by atoms with E-state index in [1.165, 1.54) is 63.3 Å². The standard InChI is InChI=1S/C48H28N4S/c1-2-10-31(11-3-1)46-50-47(32-18-16-29(17-19-32)34-12-8-26-49-28-34)52-48(51-46)33-20-22-37-39-23-25-42-45(43(39)38-15-7-6-14-36(38)40(37)27-33)44-35-13-5-4-9-30(35)21-24-41(44)53-42/h1-28H. The van der Waals surface area contributed by atoms with E-state index in [-0.39, 0.29) is 0 Å². The van der Waals surface area contributed by atoms with E-state index in [2.05, 4.69) is 126 Å². The lowest BCUT2D eigenvalue weighted by atomic mass is 9.90. The minimum absolute atomic E-state index is 0.633. The molecule has 246 valence electrons. The smallest absolute Gasteiger partial charge is 0.164 e. The van der Waals surface area contributed by atoms with Crippen molar-refractivity contribution in [2.24, 2.45) is 0 Å². The van der Waals surface area contributed by atoms with Crippen molar-refractivity contribution >= 4 is 74.6 Å². The van der Waals surface area contributed by atoms with Gasteiger partial charge in [0.15, 0.2) is 17.5 Å². The number of benzene rings is 8. The number of fused-ring (bicyclic) bond motifs is 12. The molecule has 0 bridgehead atoms. The van der Waals surface area contributed by atoms with E-state index in [1.54, 1.807) is 6.20 Å². The molecule has 11 rings (SSSR count). The van der Waals surface area contributed by atoms with Gasteiger partial charge in [0, 0.05) is 49.3 Å². The van der Waals surface area contributed by atoms with Gasteiger partial charge in [-0.05, 0) is 78.5 Å². The zero-order valence-electron chi connectivity index (χ0n) is 28.4. The zero-order chi connectivity index (χ0) is 34.9. The highest BCUT2D eigenvalue weighted by molar-refractivity contribution is 7.26. The fourth-order valence-corrected chi connectivity index (χ4v) is 9.04. The Balaban J connectivity index is 1.14. The largest absolute Gasteiger partial charge is 0.264 e. The molecule has 0 aliphatic rings. The maximum atomic E-state index is 5.11. The molecule has 5 heteroatoms. The molecule has 53 heavy (non-hydrogen) atoms. The maximum Gasteiger partial charge on any atom is 0.164 e. The highest BCUT2D eigenvalue weighted by atomic mass is 32.1. The molecule has 11 aromatic rings. The minimum Gasteiger partial charge on any atom is -0.264 e. The third-order valence-electron chi connectivity index (χ3n) is 10.4. The van der Waals surface area contributed by atoms with E-state index in [4.69, 9.17) is 15.0 Å². The predicted octanol–water partition coefficient (Wildman–Crippen LogP) is 12.9. The first-order valence-electron chi connectivity index (χ1n) is 17.7. The molecular weight excluding hydrogens is 665 g/mol. The van der Waals surface area contributed by atoms with E-state index in [9.17, 15) is 0 Å². The Labute approximate surface area is 308 Å². The van der Waals surface area contributed by atoms with E-state index in [0.29, 0.717) is 17.5 Å². The van der Waals surface area contributed by atoms with Crippen molar-refractivity contribution in [3.05, 3.63) is 170 Å². The molecule has 0 atom stereocenters. The van der Waals surface area contributed by atoms with Gasteiger partial charge in [-0.3, -0.25) is 4.98 Å². The molecular formula is C48H28N4S. The minimum atomic E-state index is 0.633. The van der Waals surface area contributed by atoms with Gasteiger partial charge >= 0.3 is 0 Å². The van der Waals surface area contributed by atoms with E-state index >= 15 is 0 Å². The molecule has 0 aliphatic heterocycles. The Morgan fingerprint density at radius 1 is 0.340 bits per heavy atom. The van der Waals surface area contributed by atoms with E-state index in [1.807, 2.05) is 53.9 Å². The van der Waals surface area contributed by atoms with Gasteiger partial charge in [-0.1, -0.05) is 133 Å².